The standard InChI is InChI=1S/C26H30N4O4S.ClH/c1-17-13-14-19-9-5-6-10-20(19)21(17)15-29-23-11-7-8-12-24(23)30(35(4,33)34)16-22(26(29)32)28-25(31)18(2)27-3;/h5-14,18,22,27H,15-16H2,1-4H3,(H,28,31);1H/t18-,22-;/m0./s1. The topological polar surface area (TPSA) is 98.8 Å². The predicted molar refractivity (Wildman–Crippen MR) is 146 cm³/mol. The van der Waals surface area contributed by atoms with Gasteiger partial charge in [-0.15, -0.1) is 12.4 Å². The Balaban J connectivity index is 0.00000361. The van der Waals surface area contributed by atoms with E-state index in [2.05, 4.69) is 10.6 Å². The highest BCUT2D eigenvalue weighted by Gasteiger charge is 2.38. The number of nitrogens with one attached hydrogen (secondary N) is 2. The normalized spacial score (nSPS) is 16.7. The van der Waals surface area contributed by atoms with Crippen LogP contribution in [0, 0.1) is 6.92 Å². The van der Waals surface area contributed by atoms with E-state index in [1.807, 2.05) is 43.3 Å². The smallest absolute Gasteiger partial charge is 0.251 e. The van der Waals surface area contributed by atoms with Gasteiger partial charge in [0.2, 0.25) is 15.9 Å². The Kier molecular flexibility index (Phi) is 8.28. The first-order chi connectivity index (χ1) is 16.6. The van der Waals surface area contributed by atoms with Crippen LogP contribution in [0.4, 0.5) is 11.4 Å². The van der Waals surface area contributed by atoms with Crippen LogP contribution in [-0.2, 0) is 26.2 Å². The zero-order chi connectivity index (χ0) is 25.3. The molecular formula is C26H31ClN4O4S. The fourth-order valence-electron chi connectivity index (χ4n) is 4.38. The van der Waals surface area contributed by atoms with Crippen molar-refractivity contribution in [2.75, 3.05) is 29.1 Å². The molecule has 2 atom stereocenters. The molecule has 0 radical (unpaired) electrons. The molecule has 0 aromatic heterocycles. The van der Waals surface area contributed by atoms with E-state index in [-0.39, 0.29) is 37.3 Å². The molecule has 3 aromatic carbocycles. The SMILES string of the molecule is CN[C@@H](C)C(=O)N[C@H]1CN(S(C)(=O)=O)c2ccccc2N(Cc2c(C)ccc3ccccc23)C1=O.Cl. The number of likely N-dealkylation sites (N-methyl/N-ethyl adjacent to an activating group) is 1. The Labute approximate surface area is 218 Å². The van der Waals surface area contributed by atoms with Gasteiger partial charge in [0.1, 0.15) is 6.04 Å². The van der Waals surface area contributed by atoms with Gasteiger partial charge in [0.25, 0.3) is 5.91 Å². The lowest BCUT2D eigenvalue weighted by Gasteiger charge is -2.27. The van der Waals surface area contributed by atoms with Crippen molar-refractivity contribution in [3.8, 4) is 0 Å². The largest absolute Gasteiger partial charge is 0.341 e. The lowest BCUT2D eigenvalue weighted by atomic mass is 9.99. The van der Waals surface area contributed by atoms with E-state index in [0.717, 1.165) is 28.2 Å². The number of carbonyl (C=O) groups is 2. The summed E-state index contributed by atoms with van der Waals surface area (Å²) in [7, 11) is -2.09. The summed E-state index contributed by atoms with van der Waals surface area (Å²) in [4.78, 5) is 28.2. The van der Waals surface area contributed by atoms with E-state index in [1.165, 1.54) is 4.31 Å². The van der Waals surface area contributed by atoms with Crippen molar-refractivity contribution in [2.45, 2.75) is 32.5 Å². The van der Waals surface area contributed by atoms with Gasteiger partial charge in [0.05, 0.1) is 36.8 Å². The minimum atomic E-state index is -3.73. The summed E-state index contributed by atoms with van der Waals surface area (Å²) < 4.78 is 26.8. The molecule has 4 rings (SSSR count). The van der Waals surface area contributed by atoms with Crippen molar-refractivity contribution in [1.82, 2.24) is 10.6 Å². The monoisotopic (exact) mass is 530 g/mol. The van der Waals surface area contributed by atoms with Crippen LogP contribution in [0.3, 0.4) is 0 Å². The number of amides is 2. The minimum absolute atomic E-state index is 0. The lowest BCUT2D eigenvalue weighted by Crippen LogP contribution is -2.55. The molecule has 0 aliphatic carbocycles. The third-order valence-electron chi connectivity index (χ3n) is 6.49. The molecule has 2 N–H and O–H groups in total. The third-order valence-corrected chi connectivity index (χ3v) is 7.63. The Morgan fingerprint density at radius 2 is 1.69 bits per heavy atom. The molecule has 3 aromatic rings. The molecule has 1 aliphatic rings. The molecule has 8 nitrogen and oxygen atoms in total. The van der Waals surface area contributed by atoms with E-state index in [9.17, 15) is 18.0 Å². The number of para-hydroxylation sites is 2. The minimum Gasteiger partial charge on any atom is -0.341 e. The van der Waals surface area contributed by atoms with Crippen molar-refractivity contribution < 1.29 is 18.0 Å². The molecule has 0 fully saturated rings. The van der Waals surface area contributed by atoms with Gasteiger partial charge in [0, 0.05) is 0 Å². The van der Waals surface area contributed by atoms with Crippen molar-refractivity contribution in [1.29, 1.82) is 0 Å². The highest BCUT2D eigenvalue weighted by Crippen LogP contribution is 2.36. The third kappa shape index (κ3) is 5.33. The van der Waals surface area contributed by atoms with Crippen LogP contribution in [0.2, 0.25) is 0 Å². The van der Waals surface area contributed by atoms with Crippen LogP contribution >= 0.6 is 12.4 Å². The molecule has 0 unspecified atom stereocenters. The van der Waals surface area contributed by atoms with E-state index >= 15 is 0 Å². The van der Waals surface area contributed by atoms with Crippen LogP contribution in [0.1, 0.15) is 18.1 Å². The zero-order valence-corrected chi connectivity index (χ0v) is 22.3. The number of aryl methyl sites for hydroxylation is 1. The number of halogens is 1. The van der Waals surface area contributed by atoms with Gasteiger partial charge in [-0.3, -0.25) is 13.9 Å². The molecule has 10 heteroatoms. The summed E-state index contributed by atoms with van der Waals surface area (Å²) in [5, 5.41) is 7.69. The predicted octanol–water partition coefficient (Wildman–Crippen LogP) is 2.98. The highest BCUT2D eigenvalue weighted by molar-refractivity contribution is 7.92. The molecular weight excluding hydrogens is 500 g/mol. The van der Waals surface area contributed by atoms with Gasteiger partial charge in [-0.1, -0.05) is 48.5 Å². The Morgan fingerprint density at radius 1 is 1.06 bits per heavy atom. The summed E-state index contributed by atoms with van der Waals surface area (Å²) in [5.74, 6) is -0.751. The number of hydrogen-bond acceptors (Lipinski definition) is 5. The maximum absolute atomic E-state index is 13.9. The molecule has 0 saturated carbocycles. The van der Waals surface area contributed by atoms with Gasteiger partial charge in [-0.25, -0.2) is 8.42 Å². The number of hydrogen-bond donors (Lipinski definition) is 2. The molecule has 36 heavy (non-hydrogen) atoms. The van der Waals surface area contributed by atoms with Crippen molar-refractivity contribution in [3.63, 3.8) is 0 Å². The first-order valence-electron chi connectivity index (χ1n) is 11.4. The van der Waals surface area contributed by atoms with Gasteiger partial charge in [0.15, 0.2) is 0 Å². The first-order valence-corrected chi connectivity index (χ1v) is 13.3. The maximum atomic E-state index is 13.9. The van der Waals surface area contributed by atoms with Crippen LogP contribution in [-0.4, -0.2) is 52.2 Å². The van der Waals surface area contributed by atoms with E-state index in [0.29, 0.717) is 11.4 Å². The highest BCUT2D eigenvalue weighted by atomic mass is 35.5. The summed E-state index contributed by atoms with van der Waals surface area (Å²) in [6.07, 6.45) is 1.11. The molecule has 1 heterocycles. The van der Waals surface area contributed by atoms with Gasteiger partial charge < -0.3 is 15.5 Å². The Morgan fingerprint density at radius 3 is 2.36 bits per heavy atom. The first kappa shape index (κ1) is 27.4. The number of anilines is 2. The number of rotatable bonds is 6. The molecule has 0 spiro atoms. The summed E-state index contributed by atoms with van der Waals surface area (Å²) in [6, 6.07) is 17.4. The van der Waals surface area contributed by atoms with Crippen molar-refractivity contribution in [3.05, 3.63) is 71.8 Å². The average Bonchev–Trinajstić information content (AvgIpc) is 2.95. The van der Waals surface area contributed by atoms with Crippen LogP contribution in [0.15, 0.2) is 60.7 Å². The maximum Gasteiger partial charge on any atom is 0.251 e. The molecule has 1 aliphatic heterocycles. The van der Waals surface area contributed by atoms with Crippen molar-refractivity contribution in [2.24, 2.45) is 0 Å². The van der Waals surface area contributed by atoms with Crippen LogP contribution < -0.4 is 19.8 Å². The summed E-state index contributed by atoms with van der Waals surface area (Å²) in [6.45, 7) is 3.71. The van der Waals surface area contributed by atoms with Gasteiger partial charge >= 0.3 is 0 Å². The average molecular weight is 531 g/mol. The quantitative estimate of drug-likeness (QED) is 0.510. The van der Waals surface area contributed by atoms with E-state index in [4.69, 9.17) is 0 Å². The number of fused-ring (bicyclic) bond motifs is 2. The molecule has 192 valence electrons. The molecule has 2 amide bonds. The number of nitrogens with zero attached hydrogens (tertiary/aromatic N) is 2. The number of sulfonamides is 1. The number of carbonyl (C=O) groups excluding carboxylic acids is 2. The summed E-state index contributed by atoms with van der Waals surface area (Å²) in [5.41, 5.74) is 2.86. The van der Waals surface area contributed by atoms with Crippen LogP contribution in [0.5, 0.6) is 0 Å². The second kappa shape index (κ2) is 10.9. The van der Waals surface area contributed by atoms with E-state index < -0.39 is 22.1 Å². The fraction of sp³-hybridized carbons (Fsp3) is 0.308. The second-order valence-corrected chi connectivity index (χ2v) is 10.8. The Bertz CT molecular complexity index is 1400. The molecule has 0 bridgehead atoms. The Hall–Kier alpha value is -3.14. The van der Waals surface area contributed by atoms with Crippen LogP contribution in [0.25, 0.3) is 10.8 Å². The van der Waals surface area contributed by atoms with E-state index in [1.54, 1.807) is 43.1 Å². The molecule has 0 saturated heterocycles. The summed E-state index contributed by atoms with van der Waals surface area (Å²) >= 11 is 0. The fourth-order valence-corrected chi connectivity index (χ4v) is 5.31. The van der Waals surface area contributed by atoms with Crippen molar-refractivity contribution >= 4 is 56.4 Å². The zero-order valence-electron chi connectivity index (χ0n) is 20.7. The second-order valence-electron chi connectivity index (χ2n) is 8.86. The number of benzene rings is 3. The lowest BCUT2D eigenvalue weighted by molar-refractivity contribution is -0.128. The van der Waals surface area contributed by atoms with Gasteiger partial charge in [-0.2, -0.15) is 0 Å². The van der Waals surface area contributed by atoms with Gasteiger partial charge in [-0.05, 0) is 54.9 Å².